The Morgan fingerprint density at radius 2 is 1.69 bits per heavy atom. The van der Waals surface area contributed by atoms with E-state index in [-0.39, 0.29) is 16.9 Å². The molecule has 0 saturated heterocycles. The molecule has 2 amide bonds. The van der Waals surface area contributed by atoms with Crippen LogP contribution in [0.3, 0.4) is 0 Å². The third-order valence-electron chi connectivity index (χ3n) is 5.50. The second kappa shape index (κ2) is 9.57. The van der Waals surface area contributed by atoms with Gasteiger partial charge in [-0.2, -0.15) is 0 Å². The van der Waals surface area contributed by atoms with E-state index in [4.69, 9.17) is 5.73 Å². The third kappa shape index (κ3) is 6.20. The quantitative estimate of drug-likeness (QED) is 0.467. The molecule has 0 fully saturated rings. The number of hydrogen-bond donors (Lipinski definition) is 3. The van der Waals surface area contributed by atoms with Crippen LogP contribution in [0, 0.1) is 5.41 Å². The number of benzene rings is 2. The van der Waals surface area contributed by atoms with Crippen LogP contribution < -0.4 is 11.1 Å². The molecule has 6 heteroatoms. The van der Waals surface area contributed by atoms with Gasteiger partial charge in [0.25, 0.3) is 0 Å². The zero-order valence-corrected chi connectivity index (χ0v) is 19.8. The van der Waals surface area contributed by atoms with Gasteiger partial charge >= 0.3 is 6.03 Å². The highest BCUT2D eigenvalue weighted by atomic mass is 16.2. The lowest BCUT2D eigenvalue weighted by Crippen LogP contribution is -2.43. The van der Waals surface area contributed by atoms with E-state index in [0.717, 1.165) is 22.8 Å². The molecule has 32 heavy (non-hydrogen) atoms. The molecule has 0 bridgehead atoms. The largest absolute Gasteiger partial charge is 0.340 e. The highest BCUT2D eigenvalue weighted by Crippen LogP contribution is 2.24. The van der Waals surface area contributed by atoms with E-state index in [2.05, 4.69) is 62.0 Å². The Labute approximate surface area is 191 Å². The molecule has 0 aliphatic carbocycles. The number of aromatic nitrogens is 2. The number of H-pyrrole nitrogens is 1. The number of urea groups is 1. The molecule has 4 N–H and O–H groups in total. The average molecular weight is 434 g/mol. The summed E-state index contributed by atoms with van der Waals surface area (Å²) in [5.74, 6) is 0.789. The van der Waals surface area contributed by atoms with Gasteiger partial charge in [-0.15, -0.1) is 0 Å². The Balaban J connectivity index is 1.77. The maximum absolute atomic E-state index is 13.2. The zero-order valence-electron chi connectivity index (χ0n) is 19.8. The summed E-state index contributed by atoms with van der Waals surface area (Å²) >= 11 is 0. The van der Waals surface area contributed by atoms with Crippen LogP contribution in [0.1, 0.15) is 45.9 Å². The number of imidazole rings is 1. The summed E-state index contributed by atoms with van der Waals surface area (Å²) in [6.45, 7) is 12.1. The summed E-state index contributed by atoms with van der Waals surface area (Å²) in [7, 11) is 0. The number of amides is 2. The van der Waals surface area contributed by atoms with Crippen molar-refractivity contribution >= 4 is 11.7 Å². The summed E-state index contributed by atoms with van der Waals surface area (Å²) in [6.07, 6.45) is 1.79. The summed E-state index contributed by atoms with van der Waals surface area (Å²) in [4.78, 5) is 22.8. The lowest BCUT2D eigenvalue weighted by molar-refractivity contribution is 0.177. The van der Waals surface area contributed by atoms with Crippen molar-refractivity contribution in [1.82, 2.24) is 14.9 Å². The van der Waals surface area contributed by atoms with Crippen LogP contribution in [0.15, 0.2) is 60.8 Å². The second-order valence-electron chi connectivity index (χ2n) is 10.1. The van der Waals surface area contributed by atoms with Gasteiger partial charge in [0.2, 0.25) is 0 Å². The standard InChI is InChI=1S/C26H35N5O/c1-25(2,3)20-11-13-21(14-12-20)30-24(32)31(18-26(4,5)17-27)16-22-15-28-23(29-22)19-9-7-6-8-10-19/h6-15H,16-18,27H2,1-5H3,(H,28,29)(H,30,32). The van der Waals surface area contributed by atoms with Crippen LogP contribution in [0.5, 0.6) is 0 Å². The number of anilines is 1. The first-order valence-corrected chi connectivity index (χ1v) is 11.0. The summed E-state index contributed by atoms with van der Waals surface area (Å²) in [5.41, 5.74) is 9.69. The number of carbonyl (C=O) groups is 1. The normalized spacial score (nSPS) is 11.9. The molecule has 170 valence electrons. The van der Waals surface area contributed by atoms with Gasteiger partial charge in [0.15, 0.2) is 0 Å². The molecule has 1 heterocycles. The maximum atomic E-state index is 13.2. The van der Waals surface area contributed by atoms with Gasteiger partial charge in [0, 0.05) is 17.8 Å². The van der Waals surface area contributed by atoms with Gasteiger partial charge in [0.1, 0.15) is 5.82 Å². The van der Waals surface area contributed by atoms with E-state index in [0.29, 0.717) is 19.6 Å². The first-order chi connectivity index (χ1) is 15.1. The summed E-state index contributed by atoms with van der Waals surface area (Å²) in [5, 5.41) is 3.04. The predicted molar refractivity (Wildman–Crippen MR) is 131 cm³/mol. The van der Waals surface area contributed by atoms with Crippen molar-refractivity contribution in [2.75, 3.05) is 18.4 Å². The van der Waals surface area contributed by atoms with Crippen LogP contribution in [0.2, 0.25) is 0 Å². The molecule has 2 aromatic carbocycles. The molecule has 3 rings (SSSR count). The monoisotopic (exact) mass is 433 g/mol. The molecule has 1 aromatic heterocycles. The van der Waals surface area contributed by atoms with E-state index in [1.54, 1.807) is 11.1 Å². The fraction of sp³-hybridized carbons (Fsp3) is 0.385. The van der Waals surface area contributed by atoms with Gasteiger partial charge in [-0.25, -0.2) is 9.78 Å². The van der Waals surface area contributed by atoms with Crippen LogP contribution in [0.25, 0.3) is 11.4 Å². The average Bonchev–Trinajstić information content (AvgIpc) is 3.22. The molecule has 0 unspecified atom stereocenters. The van der Waals surface area contributed by atoms with Gasteiger partial charge < -0.3 is 20.9 Å². The van der Waals surface area contributed by atoms with Gasteiger partial charge in [-0.1, -0.05) is 77.1 Å². The Morgan fingerprint density at radius 1 is 1.03 bits per heavy atom. The molecule has 0 aliphatic heterocycles. The van der Waals surface area contributed by atoms with Crippen molar-refractivity contribution in [3.63, 3.8) is 0 Å². The van der Waals surface area contributed by atoms with Crippen LogP contribution in [0.4, 0.5) is 10.5 Å². The number of hydrogen-bond acceptors (Lipinski definition) is 3. The highest BCUT2D eigenvalue weighted by Gasteiger charge is 2.25. The van der Waals surface area contributed by atoms with Crippen molar-refractivity contribution in [1.29, 1.82) is 0 Å². The highest BCUT2D eigenvalue weighted by molar-refractivity contribution is 5.89. The Morgan fingerprint density at radius 3 is 2.28 bits per heavy atom. The van der Waals surface area contributed by atoms with Crippen molar-refractivity contribution in [3.8, 4) is 11.4 Å². The number of nitrogens with two attached hydrogens (primary N) is 1. The number of nitrogens with zero attached hydrogens (tertiary/aromatic N) is 2. The molecule has 0 aliphatic rings. The van der Waals surface area contributed by atoms with Crippen molar-refractivity contribution < 1.29 is 4.79 Å². The van der Waals surface area contributed by atoms with Crippen molar-refractivity contribution in [3.05, 3.63) is 72.1 Å². The molecular weight excluding hydrogens is 398 g/mol. The lowest BCUT2D eigenvalue weighted by Gasteiger charge is -2.31. The maximum Gasteiger partial charge on any atom is 0.322 e. The Hall–Kier alpha value is -3.12. The molecule has 0 saturated carbocycles. The SMILES string of the molecule is CC(C)(CN)CN(Cc1cnc(-c2ccccc2)[nH]1)C(=O)Nc1ccc(C(C)(C)C)cc1. The molecule has 6 nitrogen and oxygen atoms in total. The summed E-state index contributed by atoms with van der Waals surface area (Å²) < 4.78 is 0. The van der Waals surface area contributed by atoms with E-state index in [1.165, 1.54) is 5.56 Å². The Bertz CT molecular complexity index is 1020. The van der Waals surface area contributed by atoms with Crippen LogP contribution >= 0.6 is 0 Å². The first-order valence-electron chi connectivity index (χ1n) is 11.0. The topological polar surface area (TPSA) is 87.0 Å². The van der Waals surface area contributed by atoms with E-state index < -0.39 is 0 Å². The minimum atomic E-state index is -0.213. The van der Waals surface area contributed by atoms with Gasteiger partial charge in [0.05, 0.1) is 18.4 Å². The minimum Gasteiger partial charge on any atom is -0.340 e. The van der Waals surface area contributed by atoms with Gasteiger partial charge in [-0.3, -0.25) is 0 Å². The third-order valence-corrected chi connectivity index (χ3v) is 5.50. The van der Waals surface area contributed by atoms with Gasteiger partial charge in [-0.05, 0) is 35.1 Å². The van der Waals surface area contributed by atoms with E-state index in [1.807, 2.05) is 42.5 Å². The fourth-order valence-electron chi connectivity index (χ4n) is 3.42. The predicted octanol–water partition coefficient (Wildman–Crippen LogP) is 5.39. The summed E-state index contributed by atoms with van der Waals surface area (Å²) in [6, 6.07) is 17.8. The number of carbonyl (C=O) groups excluding carboxylic acids is 1. The molecule has 3 aromatic rings. The number of rotatable bonds is 7. The minimum absolute atomic E-state index is 0.0663. The smallest absolute Gasteiger partial charge is 0.322 e. The first kappa shape index (κ1) is 23.5. The molecular formula is C26H35N5O. The molecule has 0 spiro atoms. The fourth-order valence-corrected chi connectivity index (χ4v) is 3.42. The zero-order chi connectivity index (χ0) is 23.4. The Kier molecular flexibility index (Phi) is 7.04. The van der Waals surface area contributed by atoms with Crippen LogP contribution in [-0.2, 0) is 12.0 Å². The lowest BCUT2D eigenvalue weighted by atomic mass is 9.87. The second-order valence-corrected chi connectivity index (χ2v) is 10.1. The van der Waals surface area contributed by atoms with Crippen LogP contribution in [-0.4, -0.2) is 34.0 Å². The van der Waals surface area contributed by atoms with Crippen molar-refractivity contribution in [2.24, 2.45) is 11.1 Å². The number of nitrogens with one attached hydrogen (secondary N) is 2. The van der Waals surface area contributed by atoms with Crippen molar-refractivity contribution in [2.45, 2.75) is 46.6 Å². The van der Waals surface area contributed by atoms with E-state index in [9.17, 15) is 4.79 Å². The number of aromatic amines is 1. The molecule has 0 atom stereocenters. The molecule has 0 radical (unpaired) electrons. The van der Waals surface area contributed by atoms with E-state index >= 15 is 0 Å².